The molecule has 1 aliphatic carbocycles. The first kappa shape index (κ1) is 17.0. The number of hydrogen-bond donors (Lipinski definition) is 4. The van der Waals surface area contributed by atoms with Crippen molar-refractivity contribution in [3.63, 3.8) is 0 Å². The van der Waals surface area contributed by atoms with Crippen molar-refractivity contribution in [2.75, 3.05) is 0 Å². The molecule has 3 rings (SSSR count). The van der Waals surface area contributed by atoms with Gasteiger partial charge in [0.25, 0.3) is 0 Å². The van der Waals surface area contributed by atoms with Gasteiger partial charge in [0.2, 0.25) is 0 Å². The van der Waals surface area contributed by atoms with Crippen molar-refractivity contribution < 1.29 is 0 Å². The fourth-order valence-electron chi connectivity index (χ4n) is 2.70. The summed E-state index contributed by atoms with van der Waals surface area (Å²) in [4.78, 5) is 0. The van der Waals surface area contributed by atoms with Crippen LogP contribution in [0, 0.1) is 0 Å². The largest absolute Gasteiger partial charge is 0.375 e. The van der Waals surface area contributed by atoms with Crippen molar-refractivity contribution in [3.05, 3.63) is 59.2 Å². The number of nitrogens with two attached hydrogens (primary N) is 2. The number of thiocarbonyl (C=S) groups is 2. The molecular formula is C17H16N6S2. The molecule has 25 heavy (non-hydrogen) atoms. The third-order valence-electron chi connectivity index (χ3n) is 3.78. The van der Waals surface area contributed by atoms with Gasteiger partial charge in [0, 0.05) is 11.1 Å². The van der Waals surface area contributed by atoms with Gasteiger partial charge in [-0.05, 0) is 54.1 Å². The van der Waals surface area contributed by atoms with Crippen LogP contribution in [0.15, 0.2) is 52.7 Å². The minimum absolute atomic E-state index is 0.119. The standard InChI is InChI=1S/C17H16N6S2/c1-9(20-22-16(18)24)10-6-7-12-11-4-2-3-5-13(11)15(14(12)8-10)21-23-17(19)25/h2-8H,1H3,(H3,18,22,24)(H3,19,23,25)/b20-9-,21-15+. The van der Waals surface area contributed by atoms with Gasteiger partial charge in [-0.25, -0.2) is 0 Å². The lowest BCUT2D eigenvalue weighted by Gasteiger charge is -2.07. The highest BCUT2D eigenvalue weighted by molar-refractivity contribution is 7.80. The van der Waals surface area contributed by atoms with Crippen molar-refractivity contribution in [2.24, 2.45) is 21.7 Å². The summed E-state index contributed by atoms with van der Waals surface area (Å²) >= 11 is 9.64. The molecule has 0 aliphatic heterocycles. The Kier molecular flexibility index (Phi) is 4.73. The molecule has 2 aromatic carbocycles. The van der Waals surface area contributed by atoms with Gasteiger partial charge in [0.1, 0.15) is 0 Å². The van der Waals surface area contributed by atoms with Crippen LogP contribution in [0.2, 0.25) is 0 Å². The van der Waals surface area contributed by atoms with Gasteiger partial charge in [0.05, 0.1) is 11.4 Å². The number of nitrogens with one attached hydrogen (secondary N) is 2. The summed E-state index contributed by atoms with van der Waals surface area (Å²) in [6.07, 6.45) is 0. The molecule has 0 unspecified atom stereocenters. The van der Waals surface area contributed by atoms with E-state index in [-0.39, 0.29) is 10.2 Å². The van der Waals surface area contributed by atoms with Gasteiger partial charge in [-0.15, -0.1) is 0 Å². The fourth-order valence-corrected chi connectivity index (χ4v) is 2.80. The first-order valence-corrected chi connectivity index (χ1v) is 8.26. The fraction of sp³-hybridized carbons (Fsp3) is 0.0588. The Bertz CT molecular complexity index is 932. The number of hydrazone groups is 2. The first-order chi connectivity index (χ1) is 12.0. The molecule has 0 saturated heterocycles. The van der Waals surface area contributed by atoms with Crippen LogP contribution >= 0.6 is 24.4 Å². The number of rotatable bonds is 3. The number of benzene rings is 2. The van der Waals surface area contributed by atoms with Crippen molar-refractivity contribution in [2.45, 2.75) is 6.92 Å². The zero-order chi connectivity index (χ0) is 18.0. The summed E-state index contributed by atoms with van der Waals surface area (Å²) in [5, 5.41) is 8.80. The van der Waals surface area contributed by atoms with E-state index in [4.69, 9.17) is 35.9 Å². The van der Waals surface area contributed by atoms with Gasteiger partial charge in [0.15, 0.2) is 10.2 Å². The zero-order valence-electron chi connectivity index (χ0n) is 13.4. The average Bonchev–Trinajstić information content (AvgIpc) is 2.91. The van der Waals surface area contributed by atoms with Crippen molar-refractivity contribution >= 4 is 46.1 Å². The molecule has 1 aliphatic rings. The summed E-state index contributed by atoms with van der Waals surface area (Å²) in [7, 11) is 0. The van der Waals surface area contributed by atoms with Gasteiger partial charge < -0.3 is 11.5 Å². The molecular weight excluding hydrogens is 352 g/mol. The smallest absolute Gasteiger partial charge is 0.184 e. The molecule has 0 radical (unpaired) electrons. The highest BCUT2D eigenvalue weighted by Crippen LogP contribution is 2.37. The van der Waals surface area contributed by atoms with E-state index >= 15 is 0 Å². The molecule has 6 N–H and O–H groups in total. The number of nitrogens with zero attached hydrogens (tertiary/aromatic N) is 2. The maximum atomic E-state index is 5.52. The van der Waals surface area contributed by atoms with Crippen LogP contribution < -0.4 is 22.3 Å². The van der Waals surface area contributed by atoms with Crippen molar-refractivity contribution in [1.82, 2.24) is 10.9 Å². The summed E-state index contributed by atoms with van der Waals surface area (Å²) in [5.41, 5.74) is 22.9. The molecule has 0 spiro atoms. The van der Waals surface area contributed by atoms with Crippen LogP contribution in [0.5, 0.6) is 0 Å². The second kappa shape index (κ2) is 6.96. The molecule has 0 saturated carbocycles. The molecule has 0 atom stereocenters. The predicted molar refractivity (Wildman–Crippen MR) is 110 cm³/mol. The highest BCUT2D eigenvalue weighted by Gasteiger charge is 2.25. The third-order valence-corrected chi connectivity index (χ3v) is 3.96. The molecule has 6 nitrogen and oxygen atoms in total. The minimum Gasteiger partial charge on any atom is -0.375 e. The van der Waals surface area contributed by atoms with Gasteiger partial charge in [-0.2, -0.15) is 10.2 Å². The predicted octanol–water partition coefficient (Wildman–Crippen LogP) is 1.81. The molecule has 2 aromatic rings. The van der Waals surface area contributed by atoms with E-state index in [0.717, 1.165) is 39.2 Å². The topological polar surface area (TPSA) is 101 Å². The average molecular weight is 368 g/mol. The lowest BCUT2D eigenvalue weighted by Crippen LogP contribution is -2.25. The normalized spacial score (nSPS) is 14.0. The monoisotopic (exact) mass is 368 g/mol. The molecule has 0 heterocycles. The van der Waals surface area contributed by atoms with Crippen LogP contribution in [-0.2, 0) is 0 Å². The maximum absolute atomic E-state index is 5.52. The SMILES string of the molecule is C/C(=N/NC(N)=S)c1ccc2c(c1)/C(=N/NC(N)=S)c1ccccc1-2. The second-order valence-corrected chi connectivity index (χ2v) is 6.30. The first-order valence-electron chi connectivity index (χ1n) is 7.45. The maximum Gasteiger partial charge on any atom is 0.184 e. The van der Waals surface area contributed by atoms with Gasteiger partial charge >= 0.3 is 0 Å². The van der Waals surface area contributed by atoms with E-state index in [1.807, 2.05) is 43.3 Å². The summed E-state index contributed by atoms with van der Waals surface area (Å²) in [5.74, 6) is 0. The Balaban J connectivity index is 2.09. The Morgan fingerprint density at radius 3 is 2.20 bits per heavy atom. The molecule has 8 heteroatoms. The Labute approximate surface area is 156 Å². The molecule has 0 bridgehead atoms. The summed E-state index contributed by atoms with van der Waals surface area (Å²) in [6, 6.07) is 14.1. The van der Waals surface area contributed by atoms with E-state index in [9.17, 15) is 0 Å². The van der Waals surface area contributed by atoms with Crippen LogP contribution in [0.25, 0.3) is 11.1 Å². The van der Waals surface area contributed by atoms with Gasteiger partial charge in [-0.3, -0.25) is 10.9 Å². The minimum atomic E-state index is 0.119. The Morgan fingerprint density at radius 1 is 0.880 bits per heavy atom. The zero-order valence-corrected chi connectivity index (χ0v) is 15.0. The van der Waals surface area contributed by atoms with Crippen LogP contribution in [0.4, 0.5) is 0 Å². The quantitative estimate of drug-likeness (QED) is 0.320. The highest BCUT2D eigenvalue weighted by atomic mass is 32.1. The lowest BCUT2D eigenvalue weighted by molar-refractivity contribution is 1.03. The van der Waals surface area contributed by atoms with Crippen LogP contribution in [0.3, 0.4) is 0 Å². The van der Waals surface area contributed by atoms with Crippen molar-refractivity contribution in [3.8, 4) is 11.1 Å². The van der Waals surface area contributed by atoms with E-state index < -0.39 is 0 Å². The van der Waals surface area contributed by atoms with Crippen LogP contribution in [-0.4, -0.2) is 21.6 Å². The molecule has 0 fully saturated rings. The van der Waals surface area contributed by atoms with E-state index in [2.05, 4.69) is 27.1 Å². The van der Waals surface area contributed by atoms with Gasteiger partial charge in [-0.1, -0.05) is 36.4 Å². The molecule has 126 valence electrons. The van der Waals surface area contributed by atoms with E-state index in [0.29, 0.717) is 0 Å². The molecule has 0 aromatic heterocycles. The second-order valence-electron chi connectivity index (χ2n) is 5.42. The Hall–Kier alpha value is -2.84. The summed E-state index contributed by atoms with van der Waals surface area (Å²) in [6.45, 7) is 1.87. The van der Waals surface area contributed by atoms with E-state index in [1.54, 1.807) is 0 Å². The lowest BCUT2D eigenvalue weighted by atomic mass is 10.0. The van der Waals surface area contributed by atoms with Crippen molar-refractivity contribution in [1.29, 1.82) is 0 Å². The number of hydrogen-bond acceptors (Lipinski definition) is 4. The third kappa shape index (κ3) is 3.49. The van der Waals surface area contributed by atoms with E-state index in [1.165, 1.54) is 0 Å². The number of fused-ring (bicyclic) bond motifs is 3. The molecule has 0 amide bonds. The Morgan fingerprint density at radius 2 is 1.52 bits per heavy atom. The summed E-state index contributed by atoms with van der Waals surface area (Å²) < 4.78 is 0. The van der Waals surface area contributed by atoms with Crippen LogP contribution in [0.1, 0.15) is 23.6 Å².